The minimum Gasteiger partial charge on any atom is -0.393 e. The van der Waals surface area contributed by atoms with Gasteiger partial charge in [-0.15, -0.1) is 0 Å². The van der Waals surface area contributed by atoms with Crippen molar-refractivity contribution >= 4 is 23.1 Å². The predicted octanol–water partition coefficient (Wildman–Crippen LogP) is 1.39. The van der Waals surface area contributed by atoms with E-state index in [-0.39, 0.29) is 11.8 Å². The van der Waals surface area contributed by atoms with Crippen LogP contribution in [0.25, 0.3) is 0 Å². The average Bonchev–Trinajstić information content (AvgIpc) is 2.93. The summed E-state index contributed by atoms with van der Waals surface area (Å²) in [5.41, 5.74) is 5.66. The zero-order valence-electron chi connectivity index (χ0n) is 11.8. The molecule has 1 saturated carbocycles. The van der Waals surface area contributed by atoms with Crippen LogP contribution >= 0.6 is 12.2 Å². The molecule has 2 fully saturated rings. The van der Waals surface area contributed by atoms with Gasteiger partial charge in [0.2, 0.25) is 5.91 Å². The predicted molar refractivity (Wildman–Crippen MR) is 81.0 cm³/mol. The Morgan fingerprint density at radius 1 is 1.26 bits per heavy atom. The van der Waals surface area contributed by atoms with Gasteiger partial charge in [0.25, 0.3) is 0 Å². The van der Waals surface area contributed by atoms with Crippen molar-refractivity contribution in [3.8, 4) is 0 Å². The largest absolute Gasteiger partial charge is 0.393 e. The summed E-state index contributed by atoms with van der Waals surface area (Å²) in [6.45, 7) is 5.63. The SMILES string of the molecule is CCC(C(=O)N1CCN(C2CCCC2)CC1)C(N)=S. The normalized spacial score (nSPS) is 23.5. The van der Waals surface area contributed by atoms with Gasteiger partial charge in [0.15, 0.2) is 0 Å². The van der Waals surface area contributed by atoms with Gasteiger partial charge in [-0.1, -0.05) is 32.0 Å². The molecule has 5 heteroatoms. The fraction of sp³-hybridized carbons (Fsp3) is 0.857. The van der Waals surface area contributed by atoms with Crippen LogP contribution in [0.3, 0.4) is 0 Å². The van der Waals surface area contributed by atoms with E-state index < -0.39 is 0 Å². The van der Waals surface area contributed by atoms with Crippen molar-refractivity contribution in [3.05, 3.63) is 0 Å². The average molecular weight is 283 g/mol. The quantitative estimate of drug-likeness (QED) is 0.792. The second-order valence-corrected chi connectivity index (χ2v) is 6.13. The number of hydrogen-bond acceptors (Lipinski definition) is 3. The maximum absolute atomic E-state index is 12.3. The summed E-state index contributed by atoms with van der Waals surface area (Å²) >= 11 is 4.99. The molecule has 0 aromatic carbocycles. The molecule has 1 unspecified atom stereocenters. The van der Waals surface area contributed by atoms with E-state index in [1.54, 1.807) is 0 Å². The molecule has 1 aliphatic heterocycles. The lowest BCUT2D eigenvalue weighted by Crippen LogP contribution is -2.53. The van der Waals surface area contributed by atoms with Gasteiger partial charge in [0, 0.05) is 32.2 Å². The van der Waals surface area contributed by atoms with Gasteiger partial charge in [0.05, 0.1) is 10.9 Å². The van der Waals surface area contributed by atoms with E-state index in [0.29, 0.717) is 11.4 Å². The highest BCUT2D eigenvalue weighted by molar-refractivity contribution is 7.80. The van der Waals surface area contributed by atoms with E-state index in [2.05, 4.69) is 4.90 Å². The van der Waals surface area contributed by atoms with E-state index in [1.165, 1.54) is 25.7 Å². The molecule has 0 aromatic heterocycles. The zero-order chi connectivity index (χ0) is 13.8. The molecule has 0 aromatic rings. The standard InChI is InChI=1S/C14H25N3OS/c1-2-12(13(15)19)14(18)17-9-7-16(8-10-17)11-5-3-4-6-11/h11-12H,2-10H2,1H3,(H2,15,19). The summed E-state index contributed by atoms with van der Waals surface area (Å²) in [5, 5.41) is 0. The van der Waals surface area contributed by atoms with Crippen LogP contribution in [0.5, 0.6) is 0 Å². The fourth-order valence-corrected chi connectivity index (χ4v) is 3.56. The van der Waals surface area contributed by atoms with Crippen LogP contribution in [0, 0.1) is 5.92 Å². The number of nitrogens with zero attached hydrogens (tertiary/aromatic N) is 2. The van der Waals surface area contributed by atoms with Crippen molar-refractivity contribution in [3.63, 3.8) is 0 Å². The van der Waals surface area contributed by atoms with E-state index in [0.717, 1.165) is 32.2 Å². The van der Waals surface area contributed by atoms with Crippen molar-refractivity contribution in [1.82, 2.24) is 9.80 Å². The fourth-order valence-electron chi connectivity index (χ4n) is 3.29. The smallest absolute Gasteiger partial charge is 0.232 e. The van der Waals surface area contributed by atoms with Crippen molar-refractivity contribution < 1.29 is 4.79 Å². The Morgan fingerprint density at radius 2 is 1.84 bits per heavy atom. The highest BCUT2D eigenvalue weighted by Crippen LogP contribution is 2.24. The van der Waals surface area contributed by atoms with Gasteiger partial charge in [-0.3, -0.25) is 9.69 Å². The number of hydrogen-bond donors (Lipinski definition) is 1. The Balaban J connectivity index is 1.85. The molecule has 0 radical (unpaired) electrons. The molecular weight excluding hydrogens is 258 g/mol. The highest BCUT2D eigenvalue weighted by Gasteiger charge is 2.30. The number of piperazine rings is 1. The zero-order valence-corrected chi connectivity index (χ0v) is 12.6. The molecular formula is C14H25N3OS. The van der Waals surface area contributed by atoms with Crippen molar-refractivity contribution in [2.24, 2.45) is 11.7 Å². The minimum absolute atomic E-state index is 0.126. The molecule has 2 N–H and O–H groups in total. The third-order valence-electron chi connectivity index (χ3n) is 4.52. The molecule has 19 heavy (non-hydrogen) atoms. The van der Waals surface area contributed by atoms with Crippen LogP contribution in [0.1, 0.15) is 39.0 Å². The molecule has 1 atom stereocenters. The lowest BCUT2D eigenvalue weighted by molar-refractivity contribution is -0.135. The number of amides is 1. The lowest BCUT2D eigenvalue weighted by Gasteiger charge is -2.39. The molecule has 1 aliphatic carbocycles. The molecule has 2 aliphatic rings. The molecule has 4 nitrogen and oxygen atoms in total. The third-order valence-corrected chi connectivity index (χ3v) is 4.80. The topological polar surface area (TPSA) is 49.6 Å². The molecule has 0 spiro atoms. The molecule has 1 amide bonds. The maximum atomic E-state index is 12.3. The van der Waals surface area contributed by atoms with Gasteiger partial charge in [-0.05, 0) is 19.3 Å². The number of carbonyl (C=O) groups excluding carboxylic acids is 1. The van der Waals surface area contributed by atoms with E-state index >= 15 is 0 Å². The first-order valence-corrected chi connectivity index (χ1v) is 7.86. The summed E-state index contributed by atoms with van der Waals surface area (Å²) in [6, 6.07) is 0.759. The highest BCUT2D eigenvalue weighted by atomic mass is 32.1. The lowest BCUT2D eigenvalue weighted by atomic mass is 10.0. The van der Waals surface area contributed by atoms with Gasteiger partial charge in [-0.2, -0.15) is 0 Å². The molecule has 108 valence electrons. The number of thiocarbonyl (C=S) groups is 1. The van der Waals surface area contributed by atoms with Gasteiger partial charge >= 0.3 is 0 Å². The van der Waals surface area contributed by atoms with Crippen LogP contribution in [-0.2, 0) is 4.79 Å². The van der Waals surface area contributed by atoms with Gasteiger partial charge in [0.1, 0.15) is 0 Å². The molecule has 2 rings (SSSR count). The van der Waals surface area contributed by atoms with Crippen LogP contribution in [0.15, 0.2) is 0 Å². The monoisotopic (exact) mass is 283 g/mol. The van der Waals surface area contributed by atoms with Gasteiger partial charge < -0.3 is 10.6 Å². The van der Waals surface area contributed by atoms with Crippen LogP contribution in [0.2, 0.25) is 0 Å². The summed E-state index contributed by atoms with van der Waals surface area (Å²) < 4.78 is 0. The minimum atomic E-state index is -0.270. The third kappa shape index (κ3) is 3.45. The molecule has 1 heterocycles. The van der Waals surface area contributed by atoms with E-state index in [4.69, 9.17) is 18.0 Å². The Hall–Kier alpha value is -0.680. The summed E-state index contributed by atoms with van der Waals surface area (Å²) in [7, 11) is 0. The first-order chi connectivity index (χ1) is 9.13. The second-order valence-electron chi connectivity index (χ2n) is 5.66. The first kappa shape index (κ1) is 14.7. The van der Waals surface area contributed by atoms with Gasteiger partial charge in [-0.25, -0.2) is 0 Å². The van der Waals surface area contributed by atoms with Crippen molar-refractivity contribution in [2.75, 3.05) is 26.2 Å². The molecule has 0 bridgehead atoms. The van der Waals surface area contributed by atoms with Crippen molar-refractivity contribution in [1.29, 1.82) is 0 Å². The van der Waals surface area contributed by atoms with E-state index in [1.807, 2.05) is 11.8 Å². The van der Waals surface area contributed by atoms with Crippen LogP contribution in [0.4, 0.5) is 0 Å². The number of carbonyl (C=O) groups is 1. The Morgan fingerprint density at radius 3 is 2.32 bits per heavy atom. The Labute approximate surface area is 121 Å². The van der Waals surface area contributed by atoms with Crippen molar-refractivity contribution in [2.45, 2.75) is 45.1 Å². The maximum Gasteiger partial charge on any atom is 0.232 e. The number of nitrogens with two attached hydrogens (primary N) is 1. The first-order valence-electron chi connectivity index (χ1n) is 7.45. The summed E-state index contributed by atoms with van der Waals surface area (Å²) in [6.07, 6.45) is 6.10. The van der Waals surface area contributed by atoms with Crippen LogP contribution < -0.4 is 5.73 Å². The second kappa shape index (κ2) is 6.66. The number of rotatable bonds is 4. The molecule has 1 saturated heterocycles. The Kier molecular flexibility index (Phi) is 5.16. The van der Waals surface area contributed by atoms with E-state index in [9.17, 15) is 4.79 Å². The summed E-state index contributed by atoms with van der Waals surface area (Å²) in [4.78, 5) is 17.2. The summed E-state index contributed by atoms with van der Waals surface area (Å²) in [5.74, 6) is -0.144. The van der Waals surface area contributed by atoms with Crippen LogP contribution in [-0.4, -0.2) is 52.9 Å². The Bertz CT molecular complexity index is 334.